The fourth-order valence-corrected chi connectivity index (χ4v) is 1.60. The summed E-state index contributed by atoms with van der Waals surface area (Å²) in [4.78, 5) is 0. The van der Waals surface area contributed by atoms with Crippen LogP contribution in [0.25, 0.3) is 0 Å². The largest absolute Gasteiger partial charge is 0.356 e. The van der Waals surface area contributed by atoms with Gasteiger partial charge in [-0.1, -0.05) is 20.8 Å². The van der Waals surface area contributed by atoms with E-state index in [9.17, 15) is 0 Å². The van der Waals surface area contributed by atoms with Crippen molar-refractivity contribution in [3.63, 3.8) is 0 Å². The fraction of sp³-hybridized carbons (Fsp3) is 1.00. The van der Waals surface area contributed by atoms with Crippen LogP contribution in [-0.4, -0.2) is 19.5 Å². The summed E-state index contributed by atoms with van der Waals surface area (Å²) in [5, 5.41) is 0. The van der Waals surface area contributed by atoms with Crippen LogP contribution in [0.4, 0.5) is 0 Å². The van der Waals surface area contributed by atoms with Gasteiger partial charge in [0.1, 0.15) is 0 Å². The molecule has 0 saturated carbocycles. The molecule has 12 heavy (non-hydrogen) atoms. The summed E-state index contributed by atoms with van der Waals surface area (Å²) in [6.07, 6.45) is 3.83. The molecule has 2 atom stereocenters. The van der Waals surface area contributed by atoms with E-state index in [0.717, 1.165) is 6.42 Å². The lowest BCUT2D eigenvalue weighted by Crippen LogP contribution is -2.37. The zero-order valence-electron chi connectivity index (χ0n) is 8.59. The van der Waals surface area contributed by atoms with Crippen LogP contribution >= 0.6 is 0 Å². The van der Waals surface area contributed by atoms with Gasteiger partial charge in [0.05, 0.1) is 6.10 Å². The van der Waals surface area contributed by atoms with Crippen LogP contribution in [0.1, 0.15) is 40.0 Å². The standard InChI is InChI=1S/C10H20O2/c1-10(2,3)8-6-5-7-9(11-4)12-8/h8-9H,5-7H2,1-4H3/t8-,9-/m0/s1. The average Bonchev–Trinajstić information content (AvgIpc) is 2.03. The lowest BCUT2D eigenvalue weighted by atomic mass is 9.85. The molecule has 0 amide bonds. The second-order valence-corrected chi connectivity index (χ2v) is 4.59. The summed E-state index contributed by atoms with van der Waals surface area (Å²) in [6.45, 7) is 6.65. The van der Waals surface area contributed by atoms with Crippen LogP contribution in [-0.2, 0) is 9.47 Å². The first-order chi connectivity index (χ1) is 5.54. The maximum absolute atomic E-state index is 5.78. The summed E-state index contributed by atoms with van der Waals surface area (Å²) in [7, 11) is 1.72. The van der Waals surface area contributed by atoms with E-state index in [1.54, 1.807) is 7.11 Å². The van der Waals surface area contributed by atoms with E-state index >= 15 is 0 Å². The van der Waals surface area contributed by atoms with Crippen LogP contribution in [0.3, 0.4) is 0 Å². The zero-order chi connectivity index (χ0) is 9.19. The molecule has 0 unspecified atom stereocenters. The van der Waals surface area contributed by atoms with Gasteiger partial charge in [0.15, 0.2) is 6.29 Å². The van der Waals surface area contributed by atoms with Gasteiger partial charge in [-0.05, 0) is 24.7 Å². The number of methoxy groups -OCH3 is 1. The molecule has 0 N–H and O–H groups in total. The van der Waals surface area contributed by atoms with E-state index in [4.69, 9.17) is 9.47 Å². The zero-order valence-corrected chi connectivity index (χ0v) is 8.59. The monoisotopic (exact) mass is 172 g/mol. The molecule has 1 aliphatic heterocycles. The molecule has 72 valence electrons. The molecule has 0 aromatic rings. The molecule has 0 radical (unpaired) electrons. The molecule has 0 spiro atoms. The lowest BCUT2D eigenvalue weighted by Gasteiger charge is -2.37. The molecule has 1 fully saturated rings. The van der Waals surface area contributed by atoms with Crippen LogP contribution < -0.4 is 0 Å². The molecule has 1 saturated heterocycles. The van der Waals surface area contributed by atoms with Crippen molar-refractivity contribution in [1.29, 1.82) is 0 Å². The number of hydrogen-bond acceptors (Lipinski definition) is 2. The van der Waals surface area contributed by atoms with Crippen LogP contribution in [0.5, 0.6) is 0 Å². The Labute approximate surface area is 75.2 Å². The van der Waals surface area contributed by atoms with E-state index in [1.165, 1.54) is 12.8 Å². The molecule has 0 aliphatic carbocycles. The predicted molar refractivity (Wildman–Crippen MR) is 49.0 cm³/mol. The first-order valence-corrected chi connectivity index (χ1v) is 4.72. The molecular weight excluding hydrogens is 152 g/mol. The predicted octanol–water partition coefficient (Wildman–Crippen LogP) is 2.57. The quantitative estimate of drug-likeness (QED) is 0.605. The Hall–Kier alpha value is -0.0800. The second kappa shape index (κ2) is 3.75. The van der Waals surface area contributed by atoms with Crippen molar-refractivity contribution in [2.75, 3.05) is 7.11 Å². The summed E-state index contributed by atoms with van der Waals surface area (Å²) < 4.78 is 11.0. The summed E-state index contributed by atoms with van der Waals surface area (Å²) in [5.74, 6) is 0. The summed E-state index contributed by atoms with van der Waals surface area (Å²) in [5.41, 5.74) is 0.247. The van der Waals surface area contributed by atoms with Gasteiger partial charge in [0, 0.05) is 7.11 Å². The van der Waals surface area contributed by atoms with Crippen molar-refractivity contribution in [2.24, 2.45) is 5.41 Å². The average molecular weight is 172 g/mol. The number of hydrogen-bond donors (Lipinski definition) is 0. The molecule has 2 nitrogen and oxygen atoms in total. The van der Waals surface area contributed by atoms with Crippen molar-refractivity contribution in [3.8, 4) is 0 Å². The van der Waals surface area contributed by atoms with Gasteiger partial charge >= 0.3 is 0 Å². The molecule has 0 aromatic heterocycles. The highest BCUT2D eigenvalue weighted by Gasteiger charge is 2.31. The van der Waals surface area contributed by atoms with Gasteiger partial charge in [-0.3, -0.25) is 0 Å². The molecule has 1 heterocycles. The highest BCUT2D eigenvalue weighted by Crippen LogP contribution is 2.31. The molecule has 0 bridgehead atoms. The van der Waals surface area contributed by atoms with Gasteiger partial charge in [-0.25, -0.2) is 0 Å². The van der Waals surface area contributed by atoms with Gasteiger partial charge in [0.25, 0.3) is 0 Å². The summed E-state index contributed by atoms with van der Waals surface area (Å²) in [6, 6.07) is 0. The maximum Gasteiger partial charge on any atom is 0.157 e. The topological polar surface area (TPSA) is 18.5 Å². The van der Waals surface area contributed by atoms with E-state index in [0.29, 0.717) is 6.10 Å². The second-order valence-electron chi connectivity index (χ2n) is 4.59. The first-order valence-electron chi connectivity index (χ1n) is 4.72. The van der Waals surface area contributed by atoms with Crippen LogP contribution in [0, 0.1) is 5.41 Å². The van der Waals surface area contributed by atoms with Gasteiger partial charge in [-0.15, -0.1) is 0 Å². The smallest absolute Gasteiger partial charge is 0.157 e. The number of ether oxygens (including phenoxy) is 2. The normalized spacial score (nSPS) is 32.0. The van der Waals surface area contributed by atoms with Crippen LogP contribution in [0.2, 0.25) is 0 Å². The van der Waals surface area contributed by atoms with Gasteiger partial charge in [0.2, 0.25) is 0 Å². The lowest BCUT2D eigenvalue weighted by molar-refractivity contribution is -0.203. The van der Waals surface area contributed by atoms with E-state index in [2.05, 4.69) is 20.8 Å². The minimum absolute atomic E-state index is 0.0305. The SMILES string of the molecule is CO[C@@H]1CCC[C@@H](C(C)(C)C)O1. The molecule has 1 rings (SSSR count). The Balaban J connectivity index is 2.46. The van der Waals surface area contributed by atoms with Crippen molar-refractivity contribution in [1.82, 2.24) is 0 Å². The minimum Gasteiger partial charge on any atom is -0.356 e. The van der Waals surface area contributed by atoms with E-state index in [-0.39, 0.29) is 11.7 Å². The van der Waals surface area contributed by atoms with Gasteiger partial charge < -0.3 is 9.47 Å². The van der Waals surface area contributed by atoms with Crippen molar-refractivity contribution >= 4 is 0 Å². The fourth-order valence-electron chi connectivity index (χ4n) is 1.60. The first kappa shape index (κ1) is 10.0. The Kier molecular flexibility index (Phi) is 3.13. The van der Waals surface area contributed by atoms with E-state index < -0.39 is 0 Å². The van der Waals surface area contributed by atoms with E-state index in [1.807, 2.05) is 0 Å². The van der Waals surface area contributed by atoms with Crippen molar-refractivity contribution < 1.29 is 9.47 Å². The highest BCUT2D eigenvalue weighted by atomic mass is 16.7. The van der Waals surface area contributed by atoms with Crippen molar-refractivity contribution in [3.05, 3.63) is 0 Å². The van der Waals surface area contributed by atoms with Gasteiger partial charge in [-0.2, -0.15) is 0 Å². The molecular formula is C10H20O2. The maximum atomic E-state index is 5.78. The summed E-state index contributed by atoms with van der Waals surface area (Å²) >= 11 is 0. The Morgan fingerprint density at radius 3 is 2.42 bits per heavy atom. The molecule has 2 heteroatoms. The van der Waals surface area contributed by atoms with Crippen molar-refractivity contribution in [2.45, 2.75) is 52.4 Å². The third kappa shape index (κ3) is 2.46. The number of rotatable bonds is 1. The Morgan fingerprint density at radius 2 is 1.92 bits per heavy atom. The molecule has 1 aliphatic rings. The third-order valence-electron chi connectivity index (χ3n) is 2.45. The Bertz CT molecular complexity index is 137. The molecule has 0 aromatic carbocycles. The minimum atomic E-state index is 0.0305. The van der Waals surface area contributed by atoms with Crippen LogP contribution in [0.15, 0.2) is 0 Å². The Morgan fingerprint density at radius 1 is 1.25 bits per heavy atom. The third-order valence-corrected chi connectivity index (χ3v) is 2.45. The highest BCUT2D eigenvalue weighted by molar-refractivity contribution is 4.77.